The molecule has 136 valence electrons. The van der Waals surface area contributed by atoms with E-state index in [9.17, 15) is 0 Å². The molecule has 2 rings (SSSR count). The Kier molecular flexibility index (Phi) is 8.70. The van der Waals surface area contributed by atoms with Crippen LogP contribution in [0.3, 0.4) is 0 Å². The van der Waals surface area contributed by atoms with Crippen molar-refractivity contribution >= 4 is 41.7 Å². The van der Waals surface area contributed by atoms with E-state index in [-0.39, 0.29) is 35.6 Å². The van der Waals surface area contributed by atoms with Crippen LogP contribution in [0.25, 0.3) is 0 Å². The third-order valence-electron chi connectivity index (χ3n) is 3.94. The number of guanidine groups is 1. The fourth-order valence-electron chi connectivity index (χ4n) is 2.71. The molecule has 2 atom stereocenters. The van der Waals surface area contributed by atoms with Gasteiger partial charge in [0, 0.05) is 23.8 Å². The Morgan fingerprint density at radius 3 is 2.79 bits per heavy atom. The Morgan fingerprint density at radius 2 is 2.12 bits per heavy atom. The van der Waals surface area contributed by atoms with Crippen molar-refractivity contribution in [3.8, 4) is 5.75 Å². The molecule has 0 fully saturated rings. The number of hydrogen-bond donors (Lipinski definition) is 2. The SMILES string of the molecule is CCNC(=NCC(C)SC)NC1CC(C)(C)Oc2ccccc21.I. The van der Waals surface area contributed by atoms with Gasteiger partial charge in [-0.2, -0.15) is 11.8 Å². The minimum absolute atomic E-state index is 0. The van der Waals surface area contributed by atoms with E-state index in [0.717, 1.165) is 31.2 Å². The summed E-state index contributed by atoms with van der Waals surface area (Å²) in [7, 11) is 0. The number of ether oxygens (including phenoxy) is 1. The van der Waals surface area contributed by atoms with Crippen molar-refractivity contribution in [1.29, 1.82) is 0 Å². The summed E-state index contributed by atoms with van der Waals surface area (Å²) < 4.78 is 6.10. The van der Waals surface area contributed by atoms with E-state index >= 15 is 0 Å². The highest BCUT2D eigenvalue weighted by atomic mass is 127. The smallest absolute Gasteiger partial charge is 0.191 e. The average Bonchev–Trinajstić information content (AvgIpc) is 2.51. The zero-order valence-electron chi connectivity index (χ0n) is 15.3. The molecule has 2 unspecified atom stereocenters. The normalized spacial score (nSPS) is 20.2. The van der Waals surface area contributed by atoms with Gasteiger partial charge in [-0.15, -0.1) is 24.0 Å². The standard InChI is InChI=1S/C18H29N3OS.HI/c1-6-19-17(20-12-13(2)23-5)21-15-11-18(3,4)22-16-10-8-7-9-14(15)16;/h7-10,13,15H,6,11-12H2,1-5H3,(H2,19,20,21);1H. The van der Waals surface area contributed by atoms with Crippen LogP contribution in [0.4, 0.5) is 0 Å². The average molecular weight is 463 g/mol. The van der Waals surface area contributed by atoms with Gasteiger partial charge in [-0.25, -0.2) is 0 Å². The van der Waals surface area contributed by atoms with E-state index in [4.69, 9.17) is 9.73 Å². The van der Waals surface area contributed by atoms with Crippen LogP contribution < -0.4 is 15.4 Å². The van der Waals surface area contributed by atoms with Gasteiger partial charge in [0.2, 0.25) is 0 Å². The predicted octanol–water partition coefficient (Wildman–Crippen LogP) is 4.21. The number of rotatable bonds is 5. The van der Waals surface area contributed by atoms with E-state index in [1.807, 2.05) is 23.9 Å². The van der Waals surface area contributed by atoms with Crippen molar-refractivity contribution in [2.24, 2.45) is 4.99 Å². The summed E-state index contributed by atoms with van der Waals surface area (Å²) in [6, 6.07) is 8.48. The molecule has 0 saturated carbocycles. The van der Waals surface area contributed by atoms with Gasteiger partial charge in [0.25, 0.3) is 0 Å². The number of benzene rings is 1. The van der Waals surface area contributed by atoms with Crippen LogP contribution in [0, 0.1) is 0 Å². The molecule has 6 heteroatoms. The third-order valence-corrected chi connectivity index (χ3v) is 4.89. The number of fused-ring (bicyclic) bond motifs is 1. The maximum Gasteiger partial charge on any atom is 0.191 e. The molecule has 4 nitrogen and oxygen atoms in total. The van der Waals surface area contributed by atoms with Gasteiger partial charge >= 0.3 is 0 Å². The van der Waals surface area contributed by atoms with Crippen LogP contribution >= 0.6 is 35.7 Å². The van der Waals surface area contributed by atoms with E-state index < -0.39 is 0 Å². The lowest BCUT2D eigenvalue weighted by Gasteiger charge is -2.38. The van der Waals surface area contributed by atoms with Crippen molar-refractivity contribution in [2.75, 3.05) is 19.3 Å². The molecule has 1 aromatic carbocycles. The number of para-hydroxylation sites is 1. The topological polar surface area (TPSA) is 45.7 Å². The maximum absolute atomic E-state index is 6.10. The Bertz CT molecular complexity index is 551. The van der Waals surface area contributed by atoms with E-state index in [1.165, 1.54) is 5.56 Å². The highest BCUT2D eigenvalue weighted by molar-refractivity contribution is 14.0. The first-order chi connectivity index (χ1) is 10.9. The second-order valence-electron chi connectivity index (χ2n) is 6.57. The first kappa shape index (κ1) is 21.4. The number of thioether (sulfide) groups is 1. The van der Waals surface area contributed by atoms with Gasteiger partial charge in [-0.05, 0) is 33.1 Å². The van der Waals surface area contributed by atoms with Gasteiger partial charge in [0.15, 0.2) is 5.96 Å². The zero-order valence-corrected chi connectivity index (χ0v) is 18.4. The molecule has 2 N–H and O–H groups in total. The van der Waals surface area contributed by atoms with E-state index in [2.05, 4.69) is 56.7 Å². The summed E-state index contributed by atoms with van der Waals surface area (Å²) in [5, 5.41) is 7.47. The molecule has 0 spiro atoms. The second kappa shape index (κ2) is 9.75. The summed E-state index contributed by atoms with van der Waals surface area (Å²) in [6.07, 6.45) is 3.03. The molecule has 0 aliphatic carbocycles. The summed E-state index contributed by atoms with van der Waals surface area (Å²) in [4.78, 5) is 4.73. The minimum atomic E-state index is -0.185. The van der Waals surface area contributed by atoms with Crippen LogP contribution in [0.2, 0.25) is 0 Å². The Morgan fingerprint density at radius 1 is 1.42 bits per heavy atom. The number of halogens is 1. The minimum Gasteiger partial charge on any atom is -0.487 e. The lowest BCUT2D eigenvalue weighted by molar-refractivity contribution is 0.0694. The maximum atomic E-state index is 6.10. The molecule has 24 heavy (non-hydrogen) atoms. The van der Waals surface area contributed by atoms with Crippen LogP contribution in [0.15, 0.2) is 29.3 Å². The van der Waals surface area contributed by atoms with E-state index in [0.29, 0.717) is 5.25 Å². The number of nitrogens with zero attached hydrogens (tertiary/aromatic N) is 1. The van der Waals surface area contributed by atoms with Crippen molar-refractivity contribution in [1.82, 2.24) is 10.6 Å². The fourth-order valence-corrected chi connectivity index (χ4v) is 2.93. The molecule has 0 amide bonds. The van der Waals surface area contributed by atoms with Crippen LogP contribution in [0.5, 0.6) is 5.75 Å². The molecule has 0 saturated heterocycles. The quantitative estimate of drug-likeness (QED) is 0.390. The monoisotopic (exact) mass is 463 g/mol. The van der Waals surface area contributed by atoms with Gasteiger partial charge in [-0.1, -0.05) is 25.1 Å². The first-order valence-corrected chi connectivity index (χ1v) is 9.59. The molecule has 1 aliphatic rings. The second-order valence-corrected chi connectivity index (χ2v) is 7.84. The molecule has 0 bridgehead atoms. The van der Waals surface area contributed by atoms with Gasteiger partial charge in [0.05, 0.1) is 12.6 Å². The number of hydrogen-bond acceptors (Lipinski definition) is 3. The third kappa shape index (κ3) is 6.02. The van der Waals surface area contributed by atoms with Crippen LogP contribution in [-0.4, -0.2) is 36.2 Å². The Balaban J connectivity index is 0.00000288. The highest BCUT2D eigenvalue weighted by Crippen LogP contribution is 2.39. The van der Waals surface area contributed by atoms with Crippen molar-refractivity contribution in [3.05, 3.63) is 29.8 Å². The molecule has 1 aliphatic heterocycles. The molecule has 0 radical (unpaired) electrons. The van der Waals surface area contributed by atoms with Crippen LogP contribution in [0.1, 0.15) is 45.7 Å². The van der Waals surface area contributed by atoms with Gasteiger partial charge < -0.3 is 15.4 Å². The summed E-state index contributed by atoms with van der Waals surface area (Å²) in [6.45, 7) is 10.2. The summed E-state index contributed by atoms with van der Waals surface area (Å²) in [5.74, 6) is 1.85. The Labute approximate surface area is 167 Å². The van der Waals surface area contributed by atoms with Crippen molar-refractivity contribution in [3.63, 3.8) is 0 Å². The molecule has 1 aromatic rings. The predicted molar refractivity (Wildman–Crippen MR) is 116 cm³/mol. The molecule has 1 heterocycles. The largest absolute Gasteiger partial charge is 0.487 e. The highest BCUT2D eigenvalue weighted by Gasteiger charge is 2.33. The van der Waals surface area contributed by atoms with Crippen molar-refractivity contribution in [2.45, 2.75) is 51.0 Å². The zero-order chi connectivity index (χ0) is 16.9. The number of nitrogens with one attached hydrogen (secondary N) is 2. The van der Waals surface area contributed by atoms with E-state index in [1.54, 1.807) is 0 Å². The van der Waals surface area contributed by atoms with Gasteiger partial charge in [0.1, 0.15) is 11.4 Å². The van der Waals surface area contributed by atoms with Crippen LogP contribution in [-0.2, 0) is 0 Å². The molecular formula is C18H30IN3OS. The summed E-state index contributed by atoms with van der Waals surface area (Å²) in [5.41, 5.74) is 1.02. The lowest BCUT2D eigenvalue weighted by Crippen LogP contribution is -2.45. The fraction of sp³-hybridized carbons (Fsp3) is 0.611. The first-order valence-electron chi connectivity index (χ1n) is 8.30. The Hall–Kier alpha value is -0.630. The summed E-state index contributed by atoms with van der Waals surface area (Å²) >= 11 is 1.84. The molecule has 0 aromatic heterocycles. The van der Waals surface area contributed by atoms with Gasteiger partial charge in [-0.3, -0.25) is 4.99 Å². The lowest BCUT2D eigenvalue weighted by atomic mass is 9.90. The molecular weight excluding hydrogens is 433 g/mol. The van der Waals surface area contributed by atoms with Crippen molar-refractivity contribution < 1.29 is 4.74 Å². The number of aliphatic imine (C=N–C) groups is 1.